The summed E-state index contributed by atoms with van der Waals surface area (Å²) in [5.74, 6) is 0.0169. The maximum atomic E-state index is 11.4. The smallest absolute Gasteiger partial charge is 0.356 e. The van der Waals surface area contributed by atoms with Gasteiger partial charge in [0.2, 0.25) is 0 Å². The summed E-state index contributed by atoms with van der Waals surface area (Å²) in [7, 11) is 1.32. The number of methoxy groups -OCH3 is 1. The number of thiophene rings is 1. The molecular weight excluding hydrogens is 262 g/mol. The maximum Gasteiger partial charge on any atom is 0.356 e. The quantitative estimate of drug-likeness (QED) is 0.839. The molecule has 0 saturated heterocycles. The topological polar surface area (TPSA) is 77.2 Å². The second kappa shape index (κ2) is 5.71. The number of aromatic nitrogens is 1. The highest BCUT2D eigenvalue weighted by Crippen LogP contribution is 2.19. The van der Waals surface area contributed by atoms with E-state index in [1.165, 1.54) is 18.2 Å². The van der Waals surface area contributed by atoms with Crippen molar-refractivity contribution in [3.8, 4) is 0 Å². The molecule has 0 fully saturated rings. The van der Waals surface area contributed by atoms with E-state index in [4.69, 9.17) is 5.73 Å². The molecule has 0 aliphatic rings. The molecule has 0 bridgehead atoms. The molecule has 0 atom stereocenters. The van der Waals surface area contributed by atoms with E-state index in [-0.39, 0.29) is 5.69 Å². The van der Waals surface area contributed by atoms with Gasteiger partial charge in [0.25, 0.3) is 0 Å². The van der Waals surface area contributed by atoms with Crippen molar-refractivity contribution < 1.29 is 9.53 Å². The minimum atomic E-state index is -0.477. The lowest BCUT2D eigenvalue weighted by Crippen LogP contribution is -2.10. The number of nitrogens with one attached hydrogen (secondary N) is 1. The number of hydrogen-bond donors (Lipinski definition) is 2. The molecule has 2 heterocycles. The fraction of sp³-hybridized carbons (Fsp3) is 0.231. The second-order valence-corrected chi connectivity index (χ2v) is 4.80. The van der Waals surface area contributed by atoms with Gasteiger partial charge in [-0.05, 0) is 40.9 Å². The van der Waals surface area contributed by atoms with Crippen LogP contribution < -0.4 is 11.1 Å². The minimum absolute atomic E-state index is 0.237. The van der Waals surface area contributed by atoms with Crippen LogP contribution in [0.15, 0.2) is 22.9 Å². The SMILES string of the molecule is COC(=O)c1ccc(N)c(NCc2cscc2C)n1. The first-order chi connectivity index (χ1) is 9.11. The molecule has 0 radical (unpaired) electrons. The number of ether oxygens (including phenoxy) is 1. The van der Waals surface area contributed by atoms with Gasteiger partial charge < -0.3 is 15.8 Å². The summed E-state index contributed by atoms with van der Waals surface area (Å²) in [6, 6.07) is 3.18. The summed E-state index contributed by atoms with van der Waals surface area (Å²) in [6.45, 7) is 2.67. The summed E-state index contributed by atoms with van der Waals surface area (Å²) < 4.78 is 4.63. The van der Waals surface area contributed by atoms with E-state index < -0.39 is 5.97 Å². The van der Waals surface area contributed by atoms with Gasteiger partial charge in [-0.15, -0.1) is 0 Å². The third kappa shape index (κ3) is 3.03. The first kappa shape index (κ1) is 13.4. The van der Waals surface area contributed by atoms with Crippen LogP contribution in [0, 0.1) is 6.92 Å². The van der Waals surface area contributed by atoms with Crippen LogP contribution in [0.25, 0.3) is 0 Å². The molecule has 19 heavy (non-hydrogen) atoms. The number of pyridine rings is 1. The minimum Gasteiger partial charge on any atom is -0.464 e. The molecule has 0 saturated carbocycles. The van der Waals surface area contributed by atoms with Gasteiger partial charge in [-0.25, -0.2) is 9.78 Å². The predicted molar refractivity (Wildman–Crippen MR) is 76.4 cm³/mol. The Labute approximate surface area is 115 Å². The Morgan fingerprint density at radius 3 is 2.89 bits per heavy atom. The number of carbonyl (C=O) groups excluding carboxylic acids is 1. The van der Waals surface area contributed by atoms with E-state index in [2.05, 4.69) is 32.7 Å². The van der Waals surface area contributed by atoms with E-state index in [0.717, 1.165) is 0 Å². The predicted octanol–water partition coefficient (Wildman–Crippen LogP) is 2.43. The molecule has 3 N–H and O–H groups in total. The van der Waals surface area contributed by atoms with Crippen LogP contribution in [0.2, 0.25) is 0 Å². The summed E-state index contributed by atoms with van der Waals surface area (Å²) in [5.41, 5.74) is 8.98. The van der Waals surface area contributed by atoms with Gasteiger partial charge in [0.1, 0.15) is 5.82 Å². The van der Waals surface area contributed by atoms with Crippen LogP contribution in [0.5, 0.6) is 0 Å². The lowest BCUT2D eigenvalue weighted by molar-refractivity contribution is 0.0594. The van der Waals surface area contributed by atoms with Crippen LogP contribution in [0.4, 0.5) is 11.5 Å². The normalized spacial score (nSPS) is 10.2. The number of esters is 1. The van der Waals surface area contributed by atoms with Crippen molar-refractivity contribution in [2.24, 2.45) is 0 Å². The van der Waals surface area contributed by atoms with E-state index in [0.29, 0.717) is 18.1 Å². The van der Waals surface area contributed by atoms with Gasteiger partial charge in [0.15, 0.2) is 5.69 Å². The average Bonchev–Trinajstić information content (AvgIpc) is 2.82. The molecule has 5 nitrogen and oxygen atoms in total. The molecule has 2 aromatic rings. The highest BCUT2D eigenvalue weighted by molar-refractivity contribution is 7.08. The van der Waals surface area contributed by atoms with Crippen molar-refractivity contribution in [1.82, 2.24) is 4.98 Å². The van der Waals surface area contributed by atoms with E-state index in [9.17, 15) is 4.79 Å². The second-order valence-electron chi connectivity index (χ2n) is 4.06. The first-order valence-electron chi connectivity index (χ1n) is 5.72. The molecule has 0 aliphatic heterocycles. The fourth-order valence-electron chi connectivity index (χ4n) is 1.58. The number of aryl methyl sites for hydroxylation is 1. The zero-order chi connectivity index (χ0) is 13.8. The van der Waals surface area contributed by atoms with Gasteiger partial charge in [-0.2, -0.15) is 11.3 Å². The molecular formula is C13H15N3O2S. The summed E-state index contributed by atoms with van der Waals surface area (Å²) in [5, 5.41) is 7.29. The zero-order valence-corrected chi connectivity index (χ0v) is 11.6. The Bertz CT molecular complexity index is 595. The summed E-state index contributed by atoms with van der Waals surface area (Å²) in [4.78, 5) is 15.6. The molecule has 0 unspecified atom stereocenters. The van der Waals surface area contributed by atoms with Gasteiger partial charge in [0.05, 0.1) is 12.8 Å². The monoisotopic (exact) mass is 277 g/mol. The fourth-order valence-corrected chi connectivity index (χ4v) is 2.43. The highest BCUT2D eigenvalue weighted by atomic mass is 32.1. The maximum absolute atomic E-state index is 11.4. The van der Waals surface area contributed by atoms with E-state index in [1.807, 2.05) is 0 Å². The third-order valence-corrected chi connectivity index (χ3v) is 3.64. The lowest BCUT2D eigenvalue weighted by atomic mass is 10.2. The Morgan fingerprint density at radius 2 is 2.26 bits per heavy atom. The highest BCUT2D eigenvalue weighted by Gasteiger charge is 2.10. The Morgan fingerprint density at radius 1 is 1.47 bits per heavy atom. The van der Waals surface area contributed by atoms with Crippen molar-refractivity contribution in [2.45, 2.75) is 13.5 Å². The van der Waals surface area contributed by atoms with Gasteiger partial charge in [-0.1, -0.05) is 0 Å². The summed E-state index contributed by atoms with van der Waals surface area (Å²) in [6.07, 6.45) is 0. The Balaban J connectivity index is 2.15. The number of nitrogen functional groups attached to an aromatic ring is 1. The van der Waals surface area contributed by atoms with Crippen LogP contribution in [0.1, 0.15) is 21.6 Å². The molecule has 2 rings (SSSR count). The summed E-state index contributed by atoms with van der Waals surface area (Å²) >= 11 is 1.65. The largest absolute Gasteiger partial charge is 0.464 e. The van der Waals surface area contributed by atoms with Crippen LogP contribution >= 0.6 is 11.3 Å². The van der Waals surface area contributed by atoms with Crippen LogP contribution in [-0.4, -0.2) is 18.1 Å². The lowest BCUT2D eigenvalue weighted by Gasteiger charge is -2.09. The van der Waals surface area contributed by atoms with Crippen molar-refractivity contribution in [3.63, 3.8) is 0 Å². The molecule has 0 aromatic carbocycles. The Kier molecular flexibility index (Phi) is 4.01. The number of nitrogens with zero attached hydrogens (tertiary/aromatic N) is 1. The van der Waals surface area contributed by atoms with Gasteiger partial charge in [0, 0.05) is 6.54 Å². The van der Waals surface area contributed by atoms with Crippen LogP contribution in [0.3, 0.4) is 0 Å². The first-order valence-corrected chi connectivity index (χ1v) is 6.66. The van der Waals surface area contributed by atoms with E-state index in [1.54, 1.807) is 23.5 Å². The zero-order valence-electron chi connectivity index (χ0n) is 10.8. The van der Waals surface area contributed by atoms with Gasteiger partial charge >= 0.3 is 5.97 Å². The number of rotatable bonds is 4. The molecule has 6 heteroatoms. The van der Waals surface area contributed by atoms with Crippen molar-refractivity contribution in [1.29, 1.82) is 0 Å². The van der Waals surface area contributed by atoms with Crippen molar-refractivity contribution in [2.75, 3.05) is 18.2 Å². The van der Waals surface area contributed by atoms with Crippen molar-refractivity contribution >= 4 is 28.8 Å². The Hall–Kier alpha value is -2.08. The van der Waals surface area contributed by atoms with Crippen LogP contribution in [-0.2, 0) is 11.3 Å². The van der Waals surface area contributed by atoms with E-state index >= 15 is 0 Å². The average molecular weight is 277 g/mol. The molecule has 0 aliphatic carbocycles. The third-order valence-electron chi connectivity index (χ3n) is 2.73. The number of anilines is 2. The van der Waals surface area contributed by atoms with Crippen molar-refractivity contribution in [3.05, 3.63) is 39.7 Å². The molecule has 100 valence electrons. The number of nitrogens with two attached hydrogens (primary N) is 1. The molecule has 0 amide bonds. The number of hydrogen-bond acceptors (Lipinski definition) is 6. The number of carbonyl (C=O) groups is 1. The molecule has 0 spiro atoms. The standard InChI is InChI=1S/C13H15N3O2S/c1-8-6-19-7-9(8)5-15-12-10(14)3-4-11(16-12)13(17)18-2/h3-4,6-7H,5,14H2,1-2H3,(H,15,16). The van der Waals surface area contributed by atoms with Gasteiger partial charge in [-0.3, -0.25) is 0 Å². The molecule has 2 aromatic heterocycles.